The Hall–Kier alpha value is -2.79. The molecular formula is C23H24O2Si. The Kier molecular flexibility index (Phi) is 6.41. The SMILES string of the molecule is CC(=O)OC(=C=C(C)[Si](C)(C)C)c1ccccc1C#Cc1ccccc1. The Balaban J connectivity index is 2.59. The summed E-state index contributed by atoms with van der Waals surface area (Å²) in [5, 5.41) is 1.14. The maximum Gasteiger partial charge on any atom is 0.308 e. The van der Waals surface area contributed by atoms with Crippen molar-refractivity contribution in [2.45, 2.75) is 33.5 Å². The van der Waals surface area contributed by atoms with E-state index in [1.807, 2.05) is 61.5 Å². The van der Waals surface area contributed by atoms with Gasteiger partial charge in [0.25, 0.3) is 0 Å². The van der Waals surface area contributed by atoms with Crippen LogP contribution in [0.3, 0.4) is 0 Å². The largest absolute Gasteiger partial charge is 0.417 e. The van der Waals surface area contributed by atoms with Crippen LogP contribution in [-0.4, -0.2) is 14.0 Å². The van der Waals surface area contributed by atoms with Crippen LogP contribution >= 0.6 is 0 Å². The van der Waals surface area contributed by atoms with Gasteiger partial charge in [-0.05, 0) is 36.4 Å². The van der Waals surface area contributed by atoms with Crippen LogP contribution in [0.2, 0.25) is 19.6 Å². The highest BCUT2D eigenvalue weighted by Gasteiger charge is 2.17. The standard InChI is InChI=1S/C23H24O2Si/c1-18(26(3,4)5)17-23(25-19(2)24)22-14-10-9-13-21(22)16-15-20-11-7-6-8-12-20/h6-14H,1-5H3. The highest BCUT2D eigenvalue weighted by Crippen LogP contribution is 2.22. The van der Waals surface area contributed by atoms with Crippen molar-refractivity contribution in [2.24, 2.45) is 0 Å². The number of hydrogen-bond donors (Lipinski definition) is 0. The molecule has 0 aliphatic heterocycles. The lowest BCUT2D eigenvalue weighted by Crippen LogP contribution is -2.21. The number of rotatable bonds is 3. The van der Waals surface area contributed by atoms with E-state index in [0.29, 0.717) is 5.76 Å². The smallest absolute Gasteiger partial charge is 0.308 e. The van der Waals surface area contributed by atoms with E-state index >= 15 is 0 Å². The molecule has 2 aromatic carbocycles. The molecule has 132 valence electrons. The fourth-order valence-electron chi connectivity index (χ4n) is 2.10. The number of carbonyl (C=O) groups is 1. The molecule has 0 atom stereocenters. The van der Waals surface area contributed by atoms with Gasteiger partial charge in [0.05, 0.1) is 8.07 Å². The van der Waals surface area contributed by atoms with Crippen molar-refractivity contribution in [1.82, 2.24) is 0 Å². The second-order valence-electron chi connectivity index (χ2n) is 7.08. The molecule has 0 saturated heterocycles. The molecule has 0 heterocycles. The first-order chi connectivity index (χ1) is 12.3. The third-order valence-electron chi connectivity index (χ3n) is 3.96. The van der Waals surface area contributed by atoms with E-state index in [1.165, 1.54) is 6.92 Å². The average Bonchev–Trinajstić information content (AvgIpc) is 2.59. The highest BCUT2D eigenvalue weighted by atomic mass is 28.3. The Morgan fingerprint density at radius 3 is 2.12 bits per heavy atom. The molecule has 0 bridgehead atoms. The molecule has 0 aliphatic carbocycles. The molecule has 26 heavy (non-hydrogen) atoms. The van der Waals surface area contributed by atoms with Gasteiger partial charge in [0.2, 0.25) is 0 Å². The molecule has 2 nitrogen and oxygen atoms in total. The molecule has 0 spiro atoms. The number of hydrogen-bond acceptors (Lipinski definition) is 2. The first-order valence-corrected chi connectivity index (χ1v) is 12.1. The Morgan fingerprint density at radius 1 is 0.885 bits per heavy atom. The second-order valence-corrected chi connectivity index (χ2v) is 12.3. The van der Waals surface area contributed by atoms with E-state index in [-0.39, 0.29) is 5.97 Å². The maximum absolute atomic E-state index is 11.6. The first kappa shape index (κ1) is 19.5. The van der Waals surface area contributed by atoms with Crippen LogP contribution in [0.5, 0.6) is 0 Å². The Labute approximate surface area is 157 Å². The molecule has 0 radical (unpaired) electrons. The summed E-state index contributed by atoms with van der Waals surface area (Å²) in [5.74, 6) is 6.44. The lowest BCUT2D eigenvalue weighted by atomic mass is 10.1. The molecule has 0 N–H and O–H groups in total. The van der Waals surface area contributed by atoms with Gasteiger partial charge >= 0.3 is 5.97 Å². The van der Waals surface area contributed by atoms with E-state index in [1.54, 1.807) is 0 Å². The molecular weight excluding hydrogens is 336 g/mol. The van der Waals surface area contributed by atoms with E-state index in [2.05, 4.69) is 37.2 Å². The van der Waals surface area contributed by atoms with Crippen LogP contribution in [0.1, 0.15) is 30.5 Å². The van der Waals surface area contributed by atoms with E-state index < -0.39 is 8.07 Å². The summed E-state index contributed by atoms with van der Waals surface area (Å²) in [6.07, 6.45) is 0. The zero-order valence-electron chi connectivity index (χ0n) is 16.0. The maximum atomic E-state index is 11.6. The minimum atomic E-state index is -1.54. The van der Waals surface area contributed by atoms with Gasteiger partial charge in [-0.2, -0.15) is 0 Å². The molecule has 2 aromatic rings. The molecule has 0 aromatic heterocycles. The first-order valence-electron chi connectivity index (χ1n) is 8.60. The Bertz CT molecular complexity index is 916. The summed E-state index contributed by atoms with van der Waals surface area (Å²) in [7, 11) is -1.54. The van der Waals surface area contributed by atoms with Crippen molar-refractivity contribution >= 4 is 19.8 Å². The topological polar surface area (TPSA) is 26.3 Å². The summed E-state index contributed by atoms with van der Waals surface area (Å²) < 4.78 is 5.50. The van der Waals surface area contributed by atoms with Crippen molar-refractivity contribution < 1.29 is 9.53 Å². The van der Waals surface area contributed by atoms with Crippen molar-refractivity contribution in [3.63, 3.8) is 0 Å². The van der Waals surface area contributed by atoms with Gasteiger partial charge in [-0.1, -0.05) is 67.5 Å². The summed E-state index contributed by atoms with van der Waals surface area (Å²) in [5.41, 5.74) is 5.86. The van der Waals surface area contributed by atoms with Gasteiger partial charge in [0.1, 0.15) is 0 Å². The van der Waals surface area contributed by atoms with Gasteiger partial charge < -0.3 is 4.74 Å². The summed E-state index contributed by atoms with van der Waals surface area (Å²) in [6.45, 7) is 10.2. The van der Waals surface area contributed by atoms with Crippen molar-refractivity contribution in [1.29, 1.82) is 0 Å². The van der Waals surface area contributed by atoms with Gasteiger partial charge in [0.15, 0.2) is 5.76 Å². The van der Waals surface area contributed by atoms with Crippen LogP contribution < -0.4 is 0 Å². The number of allylic oxidation sites excluding steroid dienone is 1. The van der Waals surface area contributed by atoms with Gasteiger partial charge in [-0.3, -0.25) is 4.79 Å². The quantitative estimate of drug-likeness (QED) is 0.240. The van der Waals surface area contributed by atoms with Crippen LogP contribution in [0.15, 0.2) is 65.5 Å². The highest BCUT2D eigenvalue weighted by molar-refractivity contribution is 6.82. The van der Waals surface area contributed by atoms with Crippen molar-refractivity contribution in [2.75, 3.05) is 0 Å². The van der Waals surface area contributed by atoms with Crippen LogP contribution in [0.25, 0.3) is 5.76 Å². The molecule has 0 amide bonds. The van der Waals surface area contributed by atoms with Crippen LogP contribution in [0.4, 0.5) is 0 Å². The van der Waals surface area contributed by atoms with E-state index in [4.69, 9.17) is 4.74 Å². The zero-order chi connectivity index (χ0) is 19.2. The minimum Gasteiger partial charge on any atom is -0.417 e. The predicted molar refractivity (Wildman–Crippen MR) is 110 cm³/mol. The predicted octanol–water partition coefficient (Wildman–Crippen LogP) is 5.41. The van der Waals surface area contributed by atoms with E-state index in [9.17, 15) is 4.79 Å². The van der Waals surface area contributed by atoms with Crippen molar-refractivity contribution in [3.05, 3.63) is 82.2 Å². The van der Waals surface area contributed by atoms with Gasteiger partial charge in [-0.15, -0.1) is 0 Å². The summed E-state index contributed by atoms with van der Waals surface area (Å²) in [6, 6.07) is 17.5. The number of carbonyl (C=O) groups excluding carboxylic acids is 1. The fourth-order valence-corrected chi connectivity index (χ4v) is 2.59. The third kappa shape index (κ3) is 5.63. The minimum absolute atomic E-state index is 0.360. The lowest BCUT2D eigenvalue weighted by molar-refractivity contribution is -0.134. The molecule has 0 saturated carbocycles. The van der Waals surface area contributed by atoms with Gasteiger partial charge in [-0.25, -0.2) is 0 Å². The van der Waals surface area contributed by atoms with E-state index in [0.717, 1.165) is 21.9 Å². The normalized spacial score (nSPS) is 10.2. The second kappa shape index (κ2) is 8.54. The molecule has 2 rings (SSSR count). The van der Waals surface area contributed by atoms with Crippen LogP contribution in [-0.2, 0) is 9.53 Å². The average molecular weight is 361 g/mol. The number of esters is 1. The lowest BCUT2D eigenvalue weighted by Gasteiger charge is -2.15. The molecule has 0 fully saturated rings. The number of ether oxygens (including phenoxy) is 1. The summed E-state index contributed by atoms with van der Waals surface area (Å²) >= 11 is 0. The third-order valence-corrected chi connectivity index (χ3v) is 6.33. The fraction of sp³-hybridized carbons (Fsp3) is 0.217. The molecule has 3 heteroatoms. The van der Waals surface area contributed by atoms with Crippen molar-refractivity contribution in [3.8, 4) is 11.8 Å². The Morgan fingerprint density at radius 2 is 1.50 bits per heavy atom. The molecule has 0 unspecified atom stereocenters. The number of benzene rings is 2. The van der Waals surface area contributed by atoms with Gasteiger partial charge in [0, 0.05) is 23.6 Å². The summed E-state index contributed by atoms with van der Waals surface area (Å²) in [4.78, 5) is 11.6. The molecule has 0 aliphatic rings. The zero-order valence-corrected chi connectivity index (χ0v) is 17.0. The monoisotopic (exact) mass is 360 g/mol. The van der Waals surface area contributed by atoms with Crippen LogP contribution in [0, 0.1) is 11.8 Å².